The van der Waals surface area contributed by atoms with Crippen molar-refractivity contribution in [3.8, 4) is 0 Å². The van der Waals surface area contributed by atoms with Gasteiger partial charge in [0.05, 0.1) is 0 Å². The smallest absolute Gasteiger partial charge is 0.0229 e. The molecule has 0 spiro atoms. The van der Waals surface area contributed by atoms with Crippen LogP contribution in [0.4, 0.5) is 0 Å². The zero-order valence-corrected chi connectivity index (χ0v) is 21.7. The second-order valence-electron chi connectivity index (χ2n) is 7.49. The summed E-state index contributed by atoms with van der Waals surface area (Å²) in [7, 11) is 0. The molecule has 150 valence electrons. The fraction of sp³-hybridized carbons (Fsp3) is 1.00. The van der Waals surface area contributed by atoms with E-state index in [4.69, 9.17) is 0 Å². The number of hydrogen-bond acceptors (Lipinski definition) is 8. The van der Waals surface area contributed by atoms with Gasteiger partial charge in [0.2, 0.25) is 0 Å². The molecular weight excluding hydrogens is 473 g/mol. The van der Waals surface area contributed by atoms with Crippen molar-refractivity contribution in [1.29, 1.82) is 0 Å². The summed E-state index contributed by atoms with van der Waals surface area (Å²) in [4.78, 5) is 0. The largest absolute Gasteiger partial charge is 0.160 e. The molecular formula is C18H30S8. The van der Waals surface area contributed by atoms with Crippen LogP contribution in [0.5, 0.6) is 0 Å². The molecule has 8 heteroatoms. The van der Waals surface area contributed by atoms with Crippen molar-refractivity contribution in [2.24, 2.45) is 11.8 Å². The Morgan fingerprint density at radius 2 is 0.731 bits per heavy atom. The van der Waals surface area contributed by atoms with Crippen molar-refractivity contribution in [2.75, 3.05) is 69.0 Å². The molecule has 0 aliphatic carbocycles. The Kier molecular flexibility index (Phi) is 10.2. The molecule has 26 heavy (non-hydrogen) atoms. The van der Waals surface area contributed by atoms with Crippen LogP contribution in [0.3, 0.4) is 0 Å². The van der Waals surface area contributed by atoms with E-state index in [2.05, 4.69) is 94.1 Å². The van der Waals surface area contributed by atoms with Gasteiger partial charge in [0, 0.05) is 67.0 Å². The quantitative estimate of drug-likeness (QED) is 0.232. The van der Waals surface area contributed by atoms with Crippen molar-refractivity contribution in [3.05, 3.63) is 0 Å². The van der Waals surface area contributed by atoms with Gasteiger partial charge in [0.1, 0.15) is 0 Å². The minimum Gasteiger partial charge on any atom is -0.160 e. The summed E-state index contributed by atoms with van der Waals surface area (Å²) >= 11 is 17.8. The van der Waals surface area contributed by atoms with E-state index in [0.29, 0.717) is 0 Å². The Morgan fingerprint density at radius 1 is 0.500 bits per heavy atom. The molecule has 0 aromatic rings. The van der Waals surface area contributed by atoms with Crippen molar-refractivity contribution in [2.45, 2.75) is 21.0 Å². The SMILES string of the molecule is C(SCC(CSCC1CS1)C(CSCC1CS1)CSCC1CS1)C1CS1. The van der Waals surface area contributed by atoms with Gasteiger partial charge in [0.15, 0.2) is 0 Å². The maximum atomic E-state index is 2.27. The van der Waals surface area contributed by atoms with Crippen LogP contribution < -0.4 is 0 Å². The summed E-state index contributed by atoms with van der Waals surface area (Å²) in [5, 5.41) is 3.99. The lowest BCUT2D eigenvalue weighted by atomic mass is 10.00. The molecule has 0 radical (unpaired) electrons. The summed E-state index contributed by atoms with van der Waals surface area (Å²) in [5.74, 6) is 18.9. The molecule has 4 saturated heterocycles. The fourth-order valence-corrected chi connectivity index (χ4v) is 12.1. The lowest BCUT2D eigenvalue weighted by molar-refractivity contribution is 0.488. The summed E-state index contributed by atoms with van der Waals surface area (Å²) in [6.45, 7) is 0. The number of hydrogen-bond donors (Lipinski definition) is 0. The van der Waals surface area contributed by atoms with Gasteiger partial charge < -0.3 is 0 Å². The molecule has 4 rings (SSSR count). The Morgan fingerprint density at radius 3 is 0.923 bits per heavy atom. The average molecular weight is 503 g/mol. The van der Waals surface area contributed by atoms with Crippen LogP contribution in [0.25, 0.3) is 0 Å². The molecule has 0 N–H and O–H groups in total. The van der Waals surface area contributed by atoms with Crippen LogP contribution in [-0.4, -0.2) is 90.0 Å². The van der Waals surface area contributed by atoms with E-state index in [0.717, 1.165) is 32.8 Å². The van der Waals surface area contributed by atoms with E-state index in [1.165, 1.54) is 69.0 Å². The maximum Gasteiger partial charge on any atom is 0.0229 e. The summed E-state index contributed by atoms with van der Waals surface area (Å²) in [6.07, 6.45) is 0. The van der Waals surface area contributed by atoms with Crippen LogP contribution in [0.15, 0.2) is 0 Å². The normalized spacial score (nSPS) is 33.7. The first kappa shape index (κ1) is 22.0. The molecule has 0 aromatic carbocycles. The van der Waals surface area contributed by atoms with Crippen LogP contribution in [0, 0.1) is 11.8 Å². The monoisotopic (exact) mass is 502 g/mol. The van der Waals surface area contributed by atoms with Crippen molar-refractivity contribution < 1.29 is 0 Å². The molecule has 0 nitrogen and oxygen atoms in total. The van der Waals surface area contributed by atoms with Gasteiger partial charge >= 0.3 is 0 Å². The highest BCUT2D eigenvalue weighted by Gasteiger charge is 2.29. The molecule has 4 aliphatic heterocycles. The third-order valence-electron chi connectivity index (χ3n) is 4.82. The molecule has 4 aliphatic rings. The Balaban J connectivity index is 1.22. The molecule has 4 unspecified atom stereocenters. The third-order valence-corrected chi connectivity index (χ3v) is 14.8. The van der Waals surface area contributed by atoms with Gasteiger partial charge in [-0.25, -0.2) is 0 Å². The zero-order chi connectivity index (χ0) is 17.6. The first-order valence-corrected chi connectivity index (χ1v) is 18.5. The first-order valence-electron chi connectivity index (χ1n) is 9.64. The highest BCUT2D eigenvalue weighted by molar-refractivity contribution is 8.10. The number of rotatable bonds is 17. The van der Waals surface area contributed by atoms with Gasteiger partial charge in [-0.3, -0.25) is 0 Å². The predicted octanol–water partition coefficient (Wildman–Crippen LogP) is 5.61. The van der Waals surface area contributed by atoms with Crippen molar-refractivity contribution in [1.82, 2.24) is 0 Å². The van der Waals surface area contributed by atoms with Gasteiger partial charge in [0.25, 0.3) is 0 Å². The third kappa shape index (κ3) is 9.74. The lowest BCUT2D eigenvalue weighted by Crippen LogP contribution is -2.25. The molecule has 4 fully saturated rings. The lowest BCUT2D eigenvalue weighted by Gasteiger charge is -2.27. The van der Waals surface area contributed by atoms with Gasteiger partial charge in [-0.2, -0.15) is 94.1 Å². The number of thioether (sulfide) groups is 8. The highest BCUT2D eigenvalue weighted by Crippen LogP contribution is 2.39. The van der Waals surface area contributed by atoms with E-state index in [9.17, 15) is 0 Å². The van der Waals surface area contributed by atoms with Gasteiger partial charge in [-0.05, 0) is 34.8 Å². The minimum atomic E-state index is 0.941. The second kappa shape index (κ2) is 12.0. The Bertz CT molecular complexity index is 332. The summed E-state index contributed by atoms with van der Waals surface area (Å²) in [5.41, 5.74) is 0. The molecule has 0 saturated carbocycles. The predicted molar refractivity (Wildman–Crippen MR) is 141 cm³/mol. The first-order chi connectivity index (χ1) is 12.9. The molecule has 0 amide bonds. The molecule has 0 bridgehead atoms. The van der Waals surface area contributed by atoms with Crippen LogP contribution >= 0.6 is 94.1 Å². The maximum absolute atomic E-state index is 2.27. The topological polar surface area (TPSA) is 0 Å². The average Bonchev–Trinajstić information content (AvgIpc) is 3.45. The standard InChI is InChI=1S/C18H30S8/c1(19-5-15-9-23-15)13(2-20-6-16-10-24-16)14(3-21-7-17-11-25-17)4-22-8-18-12-26-18/h13-18H,1-12H2. The van der Waals surface area contributed by atoms with Crippen LogP contribution in [-0.2, 0) is 0 Å². The molecule has 4 atom stereocenters. The van der Waals surface area contributed by atoms with Crippen LogP contribution in [0.2, 0.25) is 0 Å². The Hall–Kier alpha value is 2.80. The van der Waals surface area contributed by atoms with Crippen molar-refractivity contribution in [3.63, 3.8) is 0 Å². The van der Waals surface area contributed by atoms with E-state index in [1.807, 2.05) is 0 Å². The fourth-order valence-electron chi connectivity index (χ4n) is 2.70. The van der Waals surface area contributed by atoms with E-state index in [-0.39, 0.29) is 0 Å². The highest BCUT2D eigenvalue weighted by atomic mass is 32.2. The van der Waals surface area contributed by atoms with Gasteiger partial charge in [-0.1, -0.05) is 0 Å². The molecule has 0 aromatic heterocycles. The summed E-state index contributed by atoms with van der Waals surface area (Å²) < 4.78 is 0. The zero-order valence-electron chi connectivity index (χ0n) is 15.2. The van der Waals surface area contributed by atoms with Gasteiger partial charge in [-0.15, -0.1) is 0 Å². The molecule has 4 heterocycles. The van der Waals surface area contributed by atoms with Crippen molar-refractivity contribution >= 4 is 94.1 Å². The van der Waals surface area contributed by atoms with E-state index < -0.39 is 0 Å². The Labute approximate surface area is 194 Å². The second-order valence-corrected chi connectivity index (χ2v) is 17.1. The van der Waals surface area contributed by atoms with Crippen LogP contribution in [0.1, 0.15) is 0 Å². The van der Waals surface area contributed by atoms with E-state index in [1.54, 1.807) is 0 Å². The van der Waals surface area contributed by atoms with E-state index >= 15 is 0 Å². The summed E-state index contributed by atoms with van der Waals surface area (Å²) in [6, 6.07) is 0. The minimum absolute atomic E-state index is 0.941.